The summed E-state index contributed by atoms with van der Waals surface area (Å²) in [5, 5.41) is 20.9. The fourth-order valence-corrected chi connectivity index (χ4v) is 1.45. The van der Waals surface area contributed by atoms with Gasteiger partial charge in [-0.05, 0) is 17.7 Å². The minimum atomic E-state index is -0.740. The highest BCUT2D eigenvalue weighted by atomic mass is 16.3. The van der Waals surface area contributed by atoms with E-state index in [0.29, 0.717) is 5.56 Å². The zero-order chi connectivity index (χ0) is 15.9. The first-order valence-corrected chi connectivity index (χ1v) is 6.08. The number of hydrogen-bond acceptors (Lipinski definition) is 7. The summed E-state index contributed by atoms with van der Waals surface area (Å²) in [6.45, 7) is -0.264. The molecule has 1 aromatic carbocycles. The monoisotopic (exact) mass is 304 g/mol. The number of anilines is 1. The molecule has 0 atom stereocenters. The van der Waals surface area contributed by atoms with E-state index in [1.54, 1.807) is 12.1 Å². The van der Waals surface area contributed by atoms with Crippen molar-refractivity contribution >= 4 is 17.9 Å². The molecule has 0 bridgehead atoms. The largest absolute Gasteiger partial charge is 0.508 e. The number of phenolic OH excluding ortho intramolecular Hbond substituents is 1. The average molecular weight is 304 g/mol. The van der Waals surface area contributed by atoms with Gasteiger partial charge in [0.1, 0.15) is 5.75 Å². The third-order valence-electron chi connectivity index (χ3n) is 2.40. The number of aromatic amines is 2. The van der Waals surface area contributed by atoms with Crippen LogP contribution in [0.25, 0.3) is 0 Å². The number of hydrazone groups is 1. The van der Waals surface area contributed by atoms with E-state index in [4.69, 9.17) is 0 Å². The van der Waals surface area contributed by atoms with Crippen LogP contribution in [0.1, 0.15) is 5.56 Å². The number of nitrogens with one attached hydrogen (secondary N) is 4. The number of phenols is 1. The maximum absolute atomic E-state index is 11.5. The number of H-pyrrole nitrogens is 2. The molecule has 0 unspecified atom stereocenters. The molecule has 10 heteroatoms. The van der Waals surface area contributed by atoms with Crippen LogP contribution in [0.5, 0.6) is 5.75 Å². The Morgan fingerprint density at radius 3 is 2.95 bits per heavy atom. The van der Waals surface area contributed by atoms with E-state index in [1.165, 1.54) is 18.3 Å². The fraction of sp³-hybridized carbons (Fsp3) is 0.0833. The molecule has 1 aromatic heterocycles. The van der Waals surface area contributed by atoms with Gasteiger partial charge < -0.3 is 10.4 Å². The summed E-state index contributed by atoms with van der Waals surface area (Å²) in [6.07, 6.45) is 1.35. The summed E-state index contributed by atoms with van der Waals surface area (Å²) in [4.78, 5) is 35.5. The number of rotatable bonds is 5. The minimum absolute atomic E-state index is 0.0836. The van der Waals surface area contributed by atoms with Gasteiger partial charge in [0, 0.05) is 0 Å². The Labute approximate surface area is 122 Å². The molecule has 22 heavy (non-hydrogen) atoms. The molecule has 0 aliphatic rings. The van der Waals surface area contributed by atoms with Crippen LogP contribution in [0.15, 0.2) is 39.0 Å². The van der Waals surface area contributed by atoms with Crippen LogP contribution in [0.2, 0.25) is 0 Å². The predicted octanol–water partition coefficient (Wildman–Crippen LogP) is -1.27. The molecule has 0 aliphatic heterocycles. The van der Waals surface area contributed by atoms with E-state index in [0.717, 1.165) is 0 Å². The zero-order valence-corrected chi connectivity index (χ0v) is 11.2. The predicted molar refractivity (Wildman–Crippen MR) is 77.8 cm³/mol. The van der Waals surface area contributed by atoms with Gasteiger partial charge in [0.25, 0.3) is 11.5 Å². The lowest BCUT2D eigenvalue weighted by Crippen LogP contribution is -2.31. The molecule has 0 spiro atoms. The first-order valence-electron chi connectivity index (χ1n) is 6.08. The van der Waals surface area contributed by atoms with Gasteiger partial charge in [-0.25, -0.2) is 15.3 Å². The van der Waals surface area contributed by atoms with Crippen molar-refractivity contribution in [1.82, 2.24) is 20.6 Å². The highest BCUT2D eigenvalue weighted by Crippen LogP contribution is 2.08. The van der Waals surface area contributed by atoms with E-state index in [9.17, 15) is 19.5 Å². The van der Waals surface area contributed by atoms with Crippen molar-refractivity contribution in [3.05, 3.63) is 50.7 Å². The van der Waals surface area contributed by atoms with Crippen molar-refractivity contribution in [2.75, 3.05) is 11.9 Å². The topological polar surface area (TPSA) is 152 Å². The molecule has 1 amide bonds. The first-order chi connectivity index (χ1) is 10.5. The van der Waals surface area contributed by atoms with Gasteiger partial charge in [-0.15, -0.1) is 5.10 Å². The number of carbonyl (C=O) groups is 1. The van der Waals surface area contributed by atoms with Gasteiger partial charge in [0.2, 0.25) is 5.82 Å². The van der Waals surface area contributed by atoms with Crippen LogP contribution in [-0.2, 0) is 4.79 Å². The fourth-order valence-electron chi connectivity index (χ4n) is 1.45. The van der Waals surface area contributed by atoms with Crippen molar-refractivity contribution in [1.29, 1.82) is 0 Å². The normalized spacial score (nSPS) is 10.5. The van der Waals surface area contributed by atoms with Gasteiger partial charge >= 0.3 is 5.69 Å². The first kappa shape index (κ1) is 15.0. The summed E-state index contributed by atoms with van der Waals surface area (Å²) in [5.74, 6) is -0.629. The van der Waals surface area contributed by atoms with Gasteiger partial charge in [-0.2, -0.15) is 5.10 Å². The summed E-state index contributed by atoms with van der Waals surface area (Å²) in [7, 11) is 0. The van der Waals surface area contributed by atoms with Crippen molar-refractivity contribution < 1.29 is 9.90 Å². The Kier molecular flexibility index (Phi) is 4.65. The molecule has 0 fully saturated rings. The van der Waals surface area contributed by atoms with Gasteiger partial charge in [-0.1, -0.05) is 12.1 Å². The molecule has 0 saturated heterocycles. The molecular weight excluding hydrogens is 292 g/mol. The highest BCUT2D eigenvalue weighted by Gasteiger charge is 2.04. The third kappa shape index (κ3) is 4.30. The standard InChI is InChI=1S/C12H12N6O4/c19-8-3-1-2-7(4-8)5-14-16-9(20)6-13-10-11(21)15-12(22)18-17-10/h1-5,19H,6H2,(H,13,17)(H,16,20)(H2,15,18,21,22)/b14-5+. The van der Waals surface area contributed by atoms with Crippen molar-refractivity contribution in [2.45, 2.75) is 0 Å². The molecule has 0 radical (unpaired) electrons. The minimum Gasteiger partial charge on any atom is -0.508 e. The highest BCUT2D eigenvalue weighted by molar-refractivity contribution is 5.84. The molecule has 1 heterocycles. The molecule has 0 aliphatic carbocycles. The van der Waals surface area contributed by atoms with Gasteiger partial charge in [0.15, 0.2) is 0 Å². The average Bonchev–Trinajstić information content (AvgIpc) is 2.46. The number of amides is 1. The molecule has 10 nitrogen and oxygen atoms in total. The lowest BCUT2D eigenvalue weighted by atomic mass is 10.2. The lowest BCUT2D eigenvalue weighted by Gasteiger charge is -2.02. The van der Waals surface area contributed by atoms with Crippen molar-refractivity contribution in [3.8, 4) is 5.75 Å². The van der Waals surface area contributed by atoms with Crippen LogP contribution in [-0.4, -0.2) is 39.0 Å². The quantitative estimate of drug-likeness (QED) is 0.343. The van der Waals surface area contributed by atoms with E-state index < -0.39 is 17.2 Å². The second-order valence-electron chi connectivity index (χ2n) is 4.10. The molecule has 0 saturated carbocycles. The van der Waals surface area contributed by atoms with Crippen LogP contribution in [0.4, 0.5) is 5.82 Å². The Balaban J connectivity index is 1.85. The second kappa shape index (κ2) is 6.83. The number of carbonyl (C=O) groups excluding carboxylic acids is 1. The zero-order valence-electron chi connectivity index (χ0n) is 11.2. The van der Waals surface area contributed by atoms with Crippen LogP contribution < -0.4 is 22.0 Å². The van der Waals surface area contributed by atoms with Gasteiger partial charge in [0.05, 0.1) is 12.8 Å². The third-order valence-corrected chi connectivity index (χ3v) is 2.40. The Morgan fingerprint density at radius 1 is 1.41 bits per heavy atom. The number of aromatic nitrogens is 3. The molecule has 114 valence electrons. The van der Waals surface area contributed by atoms with Crippen molar-refractivity contribution in [3.63, 3.8) is 0 Å². The van der Waals surface area contributed by atoms with E-state index >= 15 is 0 Å². The maximum Gasteiger partial charge on any atom is 0.342 e. The molecule has 2 rings (SSSR count). The lowest BCUT2D eigenvalue weighted by molar-refractivity contribution is -0.119. The van der Waals surface area contributed by atoms with E-state index in [-0.39, 0.29) is 18.1 Å². The number of aromatic hydroxyl groups is 1. The smallest absolute Gasteiger partial charge is 0.342 e. The van der Waals surface area contributed by atoms with Gasteiger partial charge in [-0.3, -0.25) is 14.6 Å². The summed E-state index contributed by atoms with van der Waals surface area (Å²) in [5.41, 5.74) is 1.35. The second-order valence-corrected chi connectivity index (χ2v) is 4.10. The summed E-state index contributed by atoms with van der Waals surface area (Å²) in [6, 6.07) is 6.30. The van der Waals surface area contributed by atoms with Crippen LogP contribution >= 0.6 is 0 Å². The van der Waals surface area contributed by atoms with E-state index in [1.807, 2.05) is 10.1 Å². The molecule has 5 N–H and O–H groups in total. The Morgan fingerprint density at radius 2 is 2.23 bits per heavy atom. The molecule has 2 aromatic rings. The Bertz CT molecular complexity index is 810. The SMILES string of the molecule is O=C(CNc1n[nH]c(=O)[nH]c1=O)N/N=C/c1cccc(O)c1. The summed E-state index contributed by atoms with van der Waals surface area (Å²) < 4.78 is 0. The summed E-state index contributed by atoms with van der Waals surface area (Å²) >= 11 is 0. The number of nitrogens with zero attached hydrogens (tertiary/aromatic N) is 2. The van der Waals surface area contributed by atoms with Crippen molar-refractivity contribution in [2.24, 2.45) is 5.10 Å². The van der Waals surface area contributed by atoms with E-state index in [2.05, 4.69) is 20.9 Å². The number of benzene rings is 1. The van der Waals surface area contributed by atoms with Crippen LogP contribution in [0, 0.1) is 0 Å². The van der Waals surface area contributed by atoms with Crippen LogP contribution in [0.3, 0.4) is 0 Å². The number of hydrogen-bond donors (Lipinski definition) is 5. The Hall–Kier alpha value is -3.43. The maximum atomic E-state index is 11.5. The molecular formula is C12H12N6O4.